The lowest BCUT2D eigenvalue weighted by Crippen LogP contribution is -2.17. The van der Waals surface area contributed by atoms with Crippen LogP contribution in [-0.2, 0) is 0 Å². The Bertz CT molecular complexity index is 575. The number of nitrogens with zero attached hydrogens (tertiary/aromatic N) is 1. The van der Waals surface area contributed by atoms with Crippen LogP contribution in [0.25, 0.3) is 10.9 Å². The summed E-state index contributed by atoms with van der Waals surface area (Å²) in [6, 6.07) is 4.90. The first-order chi connectivity index (χ1) is 7.63. The molecule has 0 aliphatic carbocycles. The summed E-state index contributed by atoms with van der Waals surface area (Å²) >= 11 is 0. The Morgan fingerprint density at radius 2 is 2.25 bits per heavy atom. The number of para-hydroxylation sites is 1. The number of nitrogens with two attached hydrogens (primary N) is 1. The van der Waals surface area contributed by atoms with Crippen molar-refractivity contribution in [2.24, 2.45) is 5.73 Å². The summed E-state index contributed by atoms with van der Waals surface area (Å²) in [4.78, 5) is 18.7. The second-order valence-corrected chi connectivity index (χ2v) is 3.60. The maximum atomic E-state index is 11.8. The van der Waals surface area contributed by atoms with Gasteiger partial charge < -0.3 is 15.5 Å². The predicted octanol–water partition coefficient (Wildman–Crippen LogP) is 0.951. The van der Waals surface area contributed by atoms with Crippen molar-refractivity contribution >= 4 is 10.9 Å². The molecule has 1 atom stereocenters. The molecule has 0 saturated carbocycles. The number of rotatable bonds is 2. The number of hydrogen-bond donors (Lipinski definition) is 2. The molecule has 0 aliphatic rings. The highest BCUT2D eigenvalue weighted by atomic mass is 16.5. The summed E-state index contributed by atoms with van der Waals surface area (Å²) in [5, 5.41) is 0.503. The summed E-state index contributed by atoms with van der Waals surface area (Å²) in [7, 11) is 1.54. The average Bonchev–Trinajstić information content (AvgIpc) is 2.28. The van der Waals surface area contributed by atoms with Gasteiger partial charge in [0, 0.05) is 0 Å². The van der Waals surface area contributed by atoms with E-state index in [1.54, 1.807) is 32.2 Å². The molecule has 5 nitrogen and oxygen atoms in total. The fraction of sp³-hybridized carbons (Fsp3) is 0.273. The Morgan fingerprint density at radius 3 is 2.88 bits per heavy atom. The number of hydrogen-bond acceptors (Lipinski definition) is 4. The Balaban J connectivity index is 2.83. The Hall–Kier alpha value is -1.88. The van der Waals surface area contributed by atoms with Crippen molar-refractivity contribution in [2.45, 2.75) is 13.0 Å². The van der Waals surface area contributed by atoms with Crippen molar-refractivity contribution in [2.75, 3.05) is 7.11 Å². The van der Waals surface area contributed by atoms with Crippen LogP contribution >= 0.6 is 0 Å². The number of aromatic nitrogens is 2. The summed E-state index contributed by atoms with van der Waals surface area (Å²) < 4.78 is 5.16. The summed E-state index contributed by atoms with van der Waals surface area (Å²) in [6.45, 7) is 1.76. The maximum Gasteiger partial charge on any atom is 0.258 e. The van der Waals surface area contributed by atoms with Gasteiger partial charge in [0.05, 0.1) is 18.5 Å². The molecule has 2 aromatic rings. The number of nitrogens with one attached hydrogen (secondary N) is 1. The van der Waals surface area contributed by atoms with E-state index >= 15 is 0 Å². The van der Waals surface area contributed by atoms with E-state index < -0.39 is 0 Å². The molecule has 1 aromatic heterocycles. The molecule has 2 rings (SSSR count). The highest BCUT2D eigenvalue weighted by molar-refractivity contribution is 5.83. The van der Waals surface area contributed by atoms with E-state index in [1.165, 1.54) is 0 Å². The molecule has 0 amide bonds. The van der Waals surface area contributed by atoms with Crippen molar-refractivity contribution in [3.63, 3.8) is 0 Å². The lowest BCUT2D eigenvalue weighted by atomic mass is 10.2. The van der Waals surface area contributed by atoms with Crippen LogP contribution in [0.15, 0.2) is 23.0 Å². The number of benzene rings is 1. The van der Waals surface area contributed by atoms with Gasteiger partial charge >= 0.3 is 0 Å². The molecule has 16 heavy (non-hydrogen) atoms. The van der Waals surface area contributed by atoms with Gasteiger partial charge in [-0.15, -0.1) is 0 Å². The van der Waals surface area contributed by atoms with Gasteiger partial charge in [-0.1, -0.05) is 6.07 Å². The van der Waals surface area contributed by atoms with Crippen molar-refractivity contribution < 1.29 is 4.74 Å². The van der Waals surface area contributed by atoms with Crippen molar-refractivity contribution in [3.05, 3.63) is 34.4 Å². The SMILES string of the molecule is COc1cccc2c(=O)[nH]c(C(C)N)nc12. The molecule has 1 heterocycles. The minimum Gasteiger partial charge on any atom is -0.494 e. The number of fused-ring (bicyclic) bond motifs is 1. The zero-order chi connectivity index (χ0) is 11.7. The van der Waals surface area contributed by atoms with Crippen LogP contribution in [0, 0.1) is 0 Å². The van der Waals surface area contributed by atoms with Gasteiger partial charge in [0.2, 0.25) is 0 Å². The maximum absolute atomic E-state index is 11.8. The van der Waals surface area contributed by atoms with Gasteiger partial charge in [0.25, 0.3) is 5.56 Å². The number of H-pyrrole nitrogens is 1. The highest BCUT2D eigenvalue weighted by Gasteiger charge is 2.10. The highest BCUT2D eigenvalue weighted by Crippen LogP contribution is 2.21. The summed E-state index contributed by atoms with van der Waals surface area (Å²) in [5.74, 6) is 1.03. The first-order valence-electron chi connectivity index (χ1n) is 4.96. The third-order valence-corrected chi connectivity index (χ3v) is 2.37. The van der Waals surface area contributed by atoms with Crippen molar-refractivity contribution in [1.82, 2.24) is 9.97 Å². The van der Waals surface area contributed by atoms with Gasteiger partial charge in [0.1, 0.15) is 17.1 Å². The summed E-state index contributed by atoms with van der Waals surface area (Å²) in [6.07, 6.45) is 0. The van der Waals surface area contributed by atoms with Crippen LogP contribution < -0.4 is 16.0 Å². The molecule has 0 radical (unpaired) electrons. The standard InChI is InChI=1S/C11H13N3O2/c1-6(12)10-13-9-7(11(15)14-10)4-3-5-8(9)16-2/h3-6H,12H2,1-2H3,(H,13,14,15). The lowest BCUT2D eigenvalue weighted by molar-refractivity contribution is 0.418. The second-order valence-electron chi connectivity index (χ2n) is 3.60. The van der Waals surface area contributed by atoms with Crippen LogP contribution in [-0.4, -0.2) is 17.1 Å². The zero-order valence-corrected chi connectivity index (χ0v) is 9.15. The van der Waals surface area contributed by atoms with E-state index in [1.807, 2.05) is 0 Å². The quantitative estimate of drug-likeness (QED) is 0.788. The molecular formula is C11H13N3O2. The topological polar surface area (TPSA) is 81.0 Å². The Kier molecular flexibility index (Phi) is 2.62. The van der Waals surface area contributed by atoms with Crippen LogP contribution in [0.4, 0.5) is 0 Å². The first-order valence-corrected chi connectivity index (χ1v) is 4.96. The van der Waals surface area contributed by atoms with Crippen LogP contribution in [0.5, 0.6) is 5.75 Å². The van der Waals surface area contributed by atoms with Gasteiger partial charge in [-0.25, -0.2) is 4.98 Å². The van der Waals surface area contributed by atoms with E-state index in [0.717, 1.165) is 0 Å². The fourth-order valence-corrected chi connectivity index (χ4v) is 1.53. The lowest BCUT2D eigenvalue weighted by Gasteiger charge is -2.08. The van der Waals surface area contributed by atoms with Gasteiger partial charge in [-0.05, 0) is 19.1 Å². The molecule has 1 aromatic carbocycles. The number of ether oxygens (including phenoxy) is 1. The van der Waals surface area contributed by atoms with Gasteiger partial charge in [-0.2, -0.15) is 0 Å². The van der Waals surface area contributed by atoms with Crippen molar-refractivity contribution in [1.29, 1.82) is 0 Å². The van der Waals surface area contributed by atoms with Gasteiger partial charge in [0.15, 0.2) is 0 Å². The zero-order valence-electron chi connectivity index (χ0n) is 9.15. The molecule has 3 N–H and O–H groups in total. The summed E-state index contributed by atoms with van der Waals surface area (Å²) in [5.41, 5.74) is 6.04. The average molecular weight is 219 g/mol. The van der Waals surface area contributed by atoms with Crippen LogP contribution in [0.1, 0.15) is 18.8 Å². The minimum atomic E-state index is -0.318. The van der Waals surface area contributed by atoms with E-state index in [-0.39, 0.29) is 11.6 Å². The first kappa shape index (κ1) is 10.6. The number of methoxy groups -OCH3 is 1. The minimum absolute atomic E-state index is 0.198. The molecule has 84 valence electrons. The Morgan fingerprint density at radius 1 is 1.50 bits per heavy atom. The molecule has 5 heteroatoms. The largest absolute Gasteiger partial charge is 0.494 e. The van der Waals surface area contributed by atoms with E-state index in [4.69, 9.17) is 10.5 Å². The van der Waals surface area contributed by atoms with Crippen LogP contribution in [0.2, 0.25) is 0 Å². The van der Waals surface area contributed by atoms with Crippen molar-refractivity contribution in [3.8, 4) is 5.75 Å². The fourth-order valence-electron chi connectivity index (χ4n) is 1.53. The molecule has 0 spiro atoms. The third kappa shape index (κ3) is 1.65. The molecule has 1 unspecified atom stereocenters. The number of aromatic amines is 1. The molecular weight excluding hydrogens is 206 g/mol. The normalized spacial score (nSPS) is 12.7. The third-order valence-electron chi connectivity index (χ3n) is 2.37. The van der Waals surface area contributed by atoms with E-state index in [9.17, 15) is 4.79 Å². The monoisotopic (exact) mass is 219 g/mol. The van der Waals surface area contributed by atoms with Gasteiger partial charge in [-0.3, -0.25) is 4.79 Å². The van der Waals surface area contributed by atoms with Crippen LogP contribution in [0.3, 0.4) is 0 Å². The Labute approximate surface area is 92.3 Å². The molecule has 0 aliphatic heterocycles. The van der Waals surface area contributed by atoms with E-state index in [0.29, 0.717) is 22.5 Å². The molecule has 0 saturated heterocycles. The molecule has 0 fully saturated rings. The molecule has 0 bridgehead atoms. The predicted molar refractivity (Wildman–Crippen MR) is 61.5 cm³/mol. The second kappa shape index (κ2) is 3.94. The van der Waals surface area contributed by atoms with E-state index in [2.05, 4.69) is 9.97 Å². The smallest absolute Gasteiger partial charge is 0.258 e.